The molecule has 1 saturated heterocycles. The number of aliphatic carboxylic acids is 1. The maximum atomic E-state index is 11.3. The summed E-state index contributed by atoms with van der Waals surface area (Å²) < 4.78 is 3.73. The molecule has 4 heterocycles. The van der Waals surface area contributed by atoms with E-state index >= 15 is 0 Å². The highest BCUT2D eigenvalue weighted by molar-refractivity contribution is 6.32. The minimum absolute atomic E-state index is 0.272. The van der Waals surface area contributed by atoms with Gasteiger partial charge in [-0.1, -0.05) is 23.7 Å². The number of aromatic nitrogens is 5. The van der Waals surface area contributed by atoms with Crippen LogP contribution in [0.15, 0.2) is 54.9 Å². The molecule has 0 atom stereocenters. The molecule has 36 heavy (non-hydrogen) atoms. The molecule has 5 aromatic rings. The molecule has 0 unspecified atom stereocenters. The van der Waals surface area contributed by atoms with E-state index in [1.165, 1.54) is 0 Å². The predicted octanol–water partition coefficient (Wildman–Crippen LogP) is 5.24. The highest BCUT2D eigenvalue weighted by Crippen LogP contribution is 2.37. The van der Waals surface area contributed by atoms with Gasteiger partial charge < -0.3 is 10.0 Å². The molecule has 6 rings (SSSR count). The van der Waals surface area contributed by atoms with E-state index in [1.54, 1.807) is 0 Å². The molecule has 1 N–H and O–H groups in total. The summed E-state index contributed by atoms with van der Waals surface area (Å²) in [4.78, 5) is 18.1. The van der Waals surface area contributed by atoms with E-state index in [-0.39, 0.29) is 5.92 Å². The van der Waals surface area contributed by atoms with Gasteiger partial charge in [0.05, 0.1) is 28.8 Å². The molecule has 182 valence electrons. The minimum Gasteiger partial charge on any atom is -0.481 e. The lowest BCUT2D eigenvalue weighted by Crippen LogP contribution is -2.36. The van der Waals surface area contributed by atoms with E-state index in [4.69, 9.17) is 21.7 Å². The summed E-state index contributed by atoms with van der Waals surface area (Å²) in [6.07, 6.45) is 5.09. The number of anilines is 1. The van der Waals surface area contributed by atoms with E-state index in [9.17, 15) is 9.90 Å². The molecule has 0 bridgehead atoms. The molecule has 0 amide bonds. The molecule has 1 aliphatic rings. The van der Waals surface area contributed by atoms with Crippen LogP contribution in [-0.4, -0.2) is 48.7 Å². The third-order valence-electron chi connectivity index (χ3n) is 7.10. The van der Waals surface area contributed by atoms with Crippen molar-refractivity contribution >= 4 is 45.2 Å². The van der Waals surface area contributed by atoms with Gasteiger partial charge >= 0.3 is 5.97 Å². The maximum Gasteiger partial charge on any atom is 0.306 e. The summed E-state index contributed by atoms with van der Waals surface area (Å²) in [5, 5.41) is 21.6. The van der Waals surface area contributed by atoms with Gasteiger partial charge in [0.15, 0.2) is 0 Å². The number of benzene rings is 2. The fourth-order valence-corrected chi connectivity index (χ4v) is 5.30. The number of carboxylic acid groups (broad SMARTS) is 1. The third kappa shape index (κ3) is 3.69. The summed E-state index contributed by atoms with van der Waals surface area (Å²) in [5.74, 6) is -0.143. The van der Waals surface area contributed by atoms with Crippen molar-refractivity contribution in [3.63, 3.8) is 0 Å². The van der Waals surface area contributed by atoms with Gasteiger partial charge in [0.25, 0.3) is 0 Å². The molecule has 9 heteroatoms. The number of piperidine rings is 1. The number of fused-ring (bicyclic) bond motifs is 2. The first kappa shape index (κ1) is 22.5. The molecule has 0 saturated carbocycles. The van der Waals surface area contributed by atoms with Crippen LogP contribution in [0.2, 0.25) is 5.02 Å². The number of carbonyl (C=O) groups is 1. The number of halogens is 1. The largest absolute Gasteiger partial charge is 0.481 e. The van der Waals surface area contributed by atoms with Crippen LogP contribution in [0, 0.1) is 12.8 Å². The van der Waals surface area contributed by atoms with Crippen molar-refractivity contribution in [1.29, 1.82) is 0 Å². The minimum atomic E-state index is -0.713. The van der Waals surface area contributed by atoms with Gasteiger partial charge in [0.1, 0.15) is 11.5 Å². The Hall–Kier alpha value is -3.91. The fraction of sp³-hybridized carbons (Fsp3) is 0.259. The van der Waals surface area contributed by atoms with Gasteiger partial charge in [-0.3, -0.25) is 9.48 Å². The second kappa shape index (κ2) is 8.64. The van der Waals surface area contributed by atoms with Crippen LogP contribution >= 0.6 is 11.6 Å². The van der Waals surface area contributed by atoms with Crippen LogP contribution in [0.5, 0.6) is 0 Å². The van der Waals surface area contributed by atoms with Gasteiger partial charge in [-0.15, -0.1) is 0 Å². The Morgan fingerprint density at radius 3 is 2.58 bits per heavy atom. The Balaban J connectivity index is 1.43. The Labute approximate surface area is 212 Å². The number of nitrogens with zero attached hydrogens (tertiary/aromatic N) is 6. The second-order valence-corrected chi connectivity index (χ2v) is 9.75. The molecule has 0 aliphatic carbocycles. The average Bonchev–Trinajstić information content (AvgIpc) is 3.46. The topological polar surface area (TPSA) is 89.1 Å². The summed E-state index contributed by atoms with van der Waals surface area (Å²) in [6.45, 7) is 3.37. The smallest absolute Gasteiger partial charge is 0.306 e. The zero-order chi connectivity index (χ0) is 25.0. The Bertz CT molecular complexity index is 1610. The van der Waals surface area contributed by atoms with E-state index < -0.39 is 5.97 Å². The lowest BCUT2D eigenvalue weighted by Gasteiger charge is -2.31. The first-order chi connectivity index (χ1) is 17.4. The first-order valence-corrected chi connectivity index (χ1v) is 12.3. The number of carboxylic acids is 1. The van der Waals surface area contributed by atoms with Crippen LogP contribution in [0.4, 0.5) is 5.82 Å². The first-order valence-electron chi connectivity index (χ1n) is 12.0. The Morgan fingerprint density at radius 1 is 1.06 bits per heavy atom. The van der Waals surface area contributed by atoms with Crippen LogP contribution in [0.1, 0.15) is 18.4 Å². The number of aryl methyl sites for hydroxylation is 2. The normalized spacial score (nSPS) is 14.7. The number of hydrogen-bond donors (Lipinski definition) is 1. The predicted molar refractivity (Wildman–Crippen MR) is 141 cm³/mol. The molecule has 1 aliphatic heterocycles. The van der Waals surface area contributed by atoms with Crippen LogP contribution in [-0.2, 0) is 11.8 Å². The van der Waals surface area contributed by atoms with Gasteiger partial charge in [-0.05, 0) is 55.7 Å². The summed E-state index contributed by atoms with van der Waals surface area (Å²) in [5.41, 5.74) is 5.52. The molecular weight excluding hydrogens is 476 g/mol. The molecule has 0 radical (unpaired) electrons. The van der Waals surface area contributed by atoms with Crippen molar-refractivity contribution in [1.82, 2.24) is 24.5 Å². The van der Waals surface area contributed by atoms with Crippen LogP contribution in [0.3, 0.4) is 0 Å². The van der Waals surface area contributed by atoms with Gasteiger partial charge in [-0.2, -0.15) is 10.2 Å². The number of hydrogen-bond acceptors (Lipinski definition) is 5. The standard InChI is InChI=1S/C27H25ClN6O2/c1-16-22(28)8-7-20-25(19-4-3-5-23-21(19)15-32(2)30-23)31-34(26(16)20)18-6-9-24(29-14-18)33-12-10-17(11-13-33)27(35)36/h3-9,14-15,17H,10-13H2,1-2H3,(H,35,36). The van der Waals surface area contributed by atoms with E-state index in [0.29, 0.717) is 31.0 Å². The second-order valence-electron chi connectivity index (χ2n) is 9.34. The monoisotopic (exact) mass is 500 g/mol. The zero-order valence-corrected chi connectivity index (χ0v) is 20.8. The summed E-state index contributed by atoms with van der Waals surface area (Å²) >= 11 is 6.54. The maximum absolute atomic E-state index is 11.3. The van der Waals surface area contributed by atoms with Gasteiger partial charge in [0.2, 0.25) is 0 Å². The molecule has 2 aromatic carbocycles. The average molecular weight is 501 g/mol. The zero-order valence-electron chi connectivity index (χ0n) is 20.0. The Kier molecular flexibility index (Phi) is 5.41. The van der Waals surface area contributed by atoms with Gasteiger partial charge in [0, 0.05) is 47.7 Å². The van der Waals surface area contributed by atoms with Crippen LogP contribution in [0.25, 0.3) is 38.8 Å². The molecule has 3 aromatic heterocycles. The van der Waals surface area contributed by atoms with Crippen molar-refractivity contribution in [2.24, 2.45) is 13.0 Å². The molecule has 0 spiro atoms. The fourth-order valence-electron chi connectivity index (χ4n) is 5.14. The van der Waals surface area contributed by atoms with E-state index in [2.05, 4.69) is 16.1 Å². The SMILES string of the molecule is Cc1c(Cl)ccc2c(-c3cccc4nn(C)cc34)nn(-c3ccc(N4CCC(C(=O)O)CC4)nc3)c12. The summed E-state index contributed by atoms with van der Waals surface area (Å²) in [7, 11) is 1.92. The van der Waals surface area contributed by atoms with Crippen molar-refractivity contribution in [3.8, 4) is 16.9 Å². The van der Waals surface area contributed by atoms with E-state index in [0.717, 1.165) is 50.1 Å². The molecule has 1 fully saturated rings. The van der Waals surface area contributed by atoms with E-state index in [1.807, 2.05) is 72.1 Å². The third-order valence-corrected chi connectivity index (χ3v) is 7.51. The van der Waals surface area contributed by atoms with Gasteiger partial charge in [-0.25, -0.2) is 9.67 Å². The highest BCUT2D eigenvalue weighted by Gasteiger charge is 2.25. The quantitative estimate of drug-likeness (QED) is 0.363. The van der Waals surface area contributed by atoms with Crippen molar-refractivity contribution in [2.75, 3.05) is 18.0 Å². The lowest BCUT2D eigenvalue weighted by molar-refractivity contribution is -0.142. The number of rotatable bonds is 4. The summed E-state index contributed by atoms with van der Waals surface area (Å²) in [6, 6.07) is 14.0. The van der Waals surface area contributed by atoms with Crippen molar-refractivity contribution < 1.29 is 9.90 Å². The molecule has 8 nitrogen and oxygen atoms in total. The lowest BCUT2D eigenvalue weighted by atomic mass is 9.97. The highest BCUT2D eigenvalue weighted by atomic mass is 35.5. The van der Waals surface area contributed by atoms with Crippen molar-refractivity contribution in [2.45, 2.75) is 19.8 Å². The number of pyridine rings is 1. The van der Waals surface area contributed by atoms with Crippen LogP contribution < -0.4 is 4.90 Å². The molecular formula is C27H25ClN6O2. The Morgan fingerprint density at radius 2 is 1.86 bits per heavy atom. The van der Waals surface area contributed by atoms with Crippen molar-refractivity contribution in [3.05, 3.63) is 65.4 Å².